The Balaban J connectivity index is 2.08. The van der Waals surface area contributed by atoms with Crippen molar-refractivity contribution in [2.75, 3.05) is 5.32 Å². The highest BCUT2D eigenvalue weighted by Gasteiger charge is 2.03. The number of halogens is 2. The van der Waals surface area contributed by atoms with E-state index in [1.165, 1.54) is 12.4 Å². The third-order valence-electron chi connectivity index (χ3n) is 2.55. The molecule has 5 heteroatoms. The molecule has 1 N–H and O–H groups in total. The standard InChI is InChI=1S/C13H13BrFN3/c1-2-11-6-13(18-8-17-11)16-7-9-5-10(14)3-4-12(9)15/h3-6,8H,2,7H2,1H3,(H,16,17,18). The quantitative estimate of drug-likeness (QED) is 0.938. The molecule has 94 valence electrons. The molecule has 1 aromatic heterocycles. The van der Waals surface area contributed by atoms with E-state index in [9.17, 15) is 4.39 Å². The number of hydrogen-bond acceptors (Lipinski definition) is 3. The number of aromatic nitrogens is 2. The van der Waals surface area contributed by atoms with Gasteiger partial charge in [0.2, 0.25) is 0 Å². The summed E-state index contributed by atoms with van der Waals surface area (Å²) >= 11 is 3.33. The lowest BCUT2D eigenvalue weighted by molar-refractivity contribution is 0.612. The van der Waals surface area contributed by atoms with Crippen LogP contribution >= 0.6 is 15.9 Å². The minimum absolute atomic E-state index is 0.226. The Morgan fingerprint density at radius 1 is 1.28 bits per heavy atom. The number of nitrogens with one attached hydrogen (secondary N) is 1. The fourth-order valence-electron chi connectivity index (χ4n) is 1.55. The lowest BCUT2D eigenvalue weighted by Gasteiger charge is -2.07. The van der Waals surface area contributed by atoms with Crippen LogP contribution in [-0.4, -0.2) is 9.97 Å². The molecule has 0 saturated carbocycles. The second-order valence-electron chi connectivity index (χ2n) is 3.84. The van der Waals surface area contributed by atoms with E-state index >= 15 is 0 Å². The number of nitrogens with zero attached hydrogens (tertiary/aromatic N) is 2. The molecule has 2 rings (SSSR count). The first-order valence-electron chi connectivity index (χ1n) is 5.67. The first-order valence-corrected chi connectivity index (χ1v) is 6.47. The Kier molecular flexibility index (Phi) is 4.25. The van der Waals surface area contributed by atoms with Crippen LogP contribution in [-0.2, 0) is 13.0 Å². The van der Waals surface area contributed by atoms with Crippen LogP contribution in [0, 0.1) is 5.82 Å². The molecule has 0 spiro atoms. The topological polar surface area (TPSA) is 37.8 Å². The van der Waals surface area contributed by atoms with Crippen LogP contribution in [0.3, 0.4) is 0 Å². The van der Waals surface area contributed by atoms with E-state index < -0.39 is 0 Å². The number of rotatable bonds is 4. The van der Waals surface area contributed by atoms with Gasteiger partial charge >= 0.3 is 0 Å². The summed E-state index contributed by atoms with van der Waals surface area (Å²) in [6, 6.07) is 6.75. The molecule has 0 radical (unpaired) electrons. The van der Waals surface area contributed by atoms with Gasteiger partial charge in [-0.05, 0) is 24.6 Å². The number of hydrogen-bond donors (Lipinski definition) is 1. The molecule has 18 heavy (non-hydrogen) atoms. The van der Waals surface area contributed by atoms with Gasteiger partial charge in [0.05, 0.1) is 0 Å². The Hall–Kier alpha value is -1.49. The zero-order valence-electron chi connectivity index (χ0n) is 9.95. The number of benzene rings is 1. The van der Waals surface area contributed by atoms with Crippen molar-refractivity contribution in [2.24, 2.45) is 0 Å². The van der Waals surface area contributed by atoms with E-state index in [4.69, 9.17) is 0 Å². The highest BCUT2D eigenvalue weighted by atomic mass is 79.9. The van der Waals surface area contributed by atoms with Crippen molar-refractivity contribution in [3.8, 4) is 0 Å². The van der Waals surface area contributed by atoms with Gasteiger partial charge in [0.1, 0.15) is 18.0 Å². The lowest BCUT2D eigenvalue weighted by Crippen LogP contribution is -2.04. The molecule has 2 aromatic rings. The summed E-state index contributed by atoms with van der Waals surface area (Å²) in [6.45, 7) is 2.42. The predicted octanol–water partition coefficient (Wildman–Crippen LogP) is 3.55. The molecule has 0 amide bonds. The maximum absolute atomic E-state index is 13.5. The number of anilines is 1. The monoisotopic (exact) mass is 309 g/mol. The van der Waals surface area contributed by atoms with Gasteiger partial charge in [0, 0.05) is 28.3 Å². The predicted molar refractivity (Wildman–Crippen MR) is 72.8 cm³/mol. The van der Waals surface area contributed by atoms with E-state index in [0.29, 0.717) is 17.9 Å². The lowest BCUT2D eigenvalue weighted by atomic mass is 10.2. The Labute approximate surface area is 114 Å². The fourth-order valence-corrected chi connectivity index (χ4v) is 1.96. The van der Waals surface area contributed by atoms with Crippen molar-refractivity contribution >= 4 is 21.7 Å². The molecular weight excluding hydrogens is 297 g/mol. The van der Waals surface area contributed by atoms with Gasteiger partial charge in [-0.3, -0.25) is 0 Å². The Morgan fingerprint density at radius 3 is 2.89 bits per heavy atom. The normalized spacial score (nSPS) is 10.4. The summed E-state index contributed by atoms with van der Waals surface area (Å²) in [5, 5.41) is 3.09. The summed E-state index contributed by atoms with van der Waals surface area (Å²) in [5.74, 6) is 0.483. The average Bonchev–Trinajstić information content (AvgIpc) is 2.40. The van der Waals surface area contributed by atoms with E-state index in [2.05, 4.69) is 31.2 Å². The van der Waals surface area contributed by atoms with Crippen LogP contribution in [0.15, 0.2) is 35.1 Å². The maximum Gasteiger partial charge on any atom is 0.129 e. The van der Waals surface area contributed by atoms with Gasteiger partial charge < -0.3 is 5.32 Å². The van der Waals surface area contributed by atoms with E-state index in [1.54, 1.807) is 12.1 Å². The van der Waals surface area contributed by atoms with E-state index in [0.717, 1.165) is 16.6 Å². The van der Waals surface area contributed by atoms with Crippen LogP contribution in [0.25, 0.3) is 0 Å². The second-order valence-corrected chi connectivity index (χ2v) is 4.75. The molecule has 3 nitrogen and oxygen atoms in total. The SMILES string of the molecule is CCc1cc(NCc2cc(Br)ccc2F)ncn1. The third kappa shape index (κ3) is 3.26. The van der Waals surface area contributed by atoms with Gasteiger partial charge in [-0.15, -0.1) is 0 Å². The summed E-state index contributed by atoms with van der Waals surface area (Å²) in [5.41, 5.74) is 1.56. The largest absolute Gasteiger partial charge is 0.366 e. The highest BCUT2D eigenvalue weighted by molar-refractivity contribution is 9.10. The first-order chi connectivity index (χ1) is 8.69. The smallest absolute Gasteiger partial charge is 0.129 e. The summed E-state index contributed by atoms with van der Waals surface area (Å²) in [7, 11) is 0. The molecule has 1 aromatic carbocycles. The average molecular weight is 310 g/mol. The molecule has 0 aliphatic carbocycles. The van der Waals surface area contributed by atoms with Crippen LogP contribution in [0.1, 0.15) is 18.2 Å². The van der Waals surface area contributed by atoms with Crippen molar-refractivity contribution in [3.63, 3.8) is 0 Å². The van der Waals surface area contributed by atoms with Crippen molar-refractivity contribution in [3.05, 3.63) is 52.1 Å². The van der Waals surface area contributed by atoms with E-state index in [1.807, 2.05) is 13.0 Å². The van der Waals surface area contributed by atoms with Gasteiger partial charge in [-0.25, -0.2) is 14.4 Å². The van der Waals surface area contributed by atoms with Crippen molar-refractivity contribution < 1.29 is 4.39 Å². The van der Waals surface area contributed by atoms with Crippen molar-refractivity contribution in [2.45, 2.75) is 19.9 Å². The summed E-state index contributed by atoms with van der Waals surface area (Å²) < 4.78 is 14.4. The molecule has 0 atom stereocenters. The van der Waals surface area contributed by atoms with Gasteiger partial charge in [-0.1, -0.05) is 22.9 Å². The first kappa shape index (κ1) is 13.0. The molecule has 1 heterocycles. The van der Waals surface area contributed by atoms with Crippen molar-refractivity contribution in [1.29, 1.82) is 0 Å². The molecule has 0 saturated heterocycles. The Bertz CT molecular complexity index is 546. The zero-order valence-corrected chi connectivity index (χ0v) is 11.5. The van der Waals surface area contributed by atoms with Gasteiger partial charge in [-0.2, -0.15) is 0 Å². The highest BCUT2D eigenvalue weighted by Crippen LogP contribution is 2.16. The molecule has 0 aliphatic rings. The minimum atomic E-state index is -0.226. The fraction of sp³-hybridized carbons (Fsp3) is 0.231. The molecule has 0 bridgehead atoms. The summed E-state index contributed by atoms with van der Waals surface area (Å²) in [6.07, 6.45) is 2.36. The Morgan fingerprint density at radius 2 is 2.11 bits per heavy atom. The van der Waals surface area contributed by atoms with Crippen LogP contribution in [0.2, 0.25) is 0 Å². The zero-order chi connectivity index (χ0) is 13.0. The maximum atomic E-state index is 13.5. The van der Waals surface area contributed by atoms with Gasteiger partial charge in [0.15, 0.2) is 0 Å². The van der Waals surface area contributed by atoms with Gasteiger partial charge in [0.25, 0.3) is 0 Å². The van der Waals surface area contributed by atoms with E-state index in [-0.39, 0.29) is 5.82 Å². The second kappa shape index (κ2) is 5.91. The number of aryl methyl sites for hydroxylation is 1. The molecule has 0 aliphatic heterocycles. The minimum Gasteiger partial charge on any atom is -0.366 e. The van der Waals surface area contributed by atoms with Crippen molar-refractivity contribution in [1.82, 2.24) is 9.97 Å². The van der Waals surface area contributed by atoms with Crippen LogP contribution in [0.5, 0.6) is 0 Å². The molecule has 0 unspecified atom stereocenters. The summed E-state index contributed by atoms with van der Waals surface area (Å²) in [4.78, 5) is 8.21. The third-order valence-corrected chi connectivity index (χ3v) is 3.05. The molecule has 0 fully saturated rings. The molecular formula is C13H13BrFN3. The van der Waals surface area contributed by atoms with Crippen LogP contribution in [0.4, 0.5) is 10.2 Å². The van der Waals surface area contributed by atoms with Crippen LogP contribution < -0.4 is 5.32 Å².